The molecule has 0 aliphatic carbocycles. The van der Waals surface area contributed by atoms with Gasteiger partial charge in [0.2, 0.25) is 0 Å². The first-order valence-corrected chi connectivity index (χ1v) is 6.19. The van der Waals surface area contributed by atoms with E-state index >= 15 is 0 Å². The molecule has 3 heteroatoms. The van der Waals surface area contributed by atoms with Crippen LogP contribution in [0.5, 0.6) is 0 Å². The maximum Gasteiger partial charge on any atom is 0.130 e. The van der Waals surface area contributed by atoms with Crippen LogP contribution in [-0.2, 0) is 6.42 Å². The van der Waals surface area contributed by atoms with Crippen LogP contribution in [0.3, 0.4) is 0 Å². The van der Waals surface area contributed by atoms with E-state index in [1.54, 1.807) is 6.20 Å². The lowest BCUT2D eigenvalue weighted by atomic mass is 10.0. The van der Waals surface area contributed by atoms with E-state index in [1.165, 1.54) is 11.1 Å². The smallest absolute Gasteiger partial charge is 0.130 e. The Balaban J connectivity index is 2.38. The van der Waals surface area contributed by atoms with Gasteiger partial charge in [-0.3, -0.25) is 0 Å². The molecule has 0 N–H and O–H groups in total. The molecule has 88 valence electrons. The second-order valence-electron chi connectivity index (χ2n) is 4.10. The van der Waals surface area contributed by atoms with Crippen molar-refractivity contribution in [2.75, 3.05) is 5.88 Å². The van der Waals surface area contributed by atoms with Crippen LogP contribution in [0.2, 0.25) is 0 Å². The number of benzene rings is 1. The van der Waals surface area contributed by atoms with E-state index in [-0.39, 0.29) is 0 Å². The lowest BCUT2D eigenvalue weighted by molar-refractivity contribution is 0.948. The third kappa shape index (κ3) is 2.83. The summed E-state index contributed by atoms with van der Waals surface area (Å²) >= 11 is 5.70. The van der Waals surface area contributed by atoms with Gasteiger partial charge in [-0.1, -0.05) is 12.1 Å². The van der Waals surface area contributed by atoms with Crippen LogP contribution >= 0.6 is 11.6 Å². The summed E-state index contributed by atoms with van der Waals surface area (Å²) in [5.41, 5.74) is 4.67. The summed E-state index contributed by atoms with van der Waals surface area (Å²) in [5, 5.41) is 0. The summed E-state index contributed by atoms with van der Waals surface area (Å²) in [5.74, 6) is 1.35. The van der Waals surface area contributed by atoms with Crippen molar-refractivity contribution >= 4 is 11.6 Å². The number of alkyl halides is 1. The van der Waals surface area contributed by atoms with Gasteiger partial charge in [-0.05, 0) is 37.1 Å². The van der Waals surface area contributed by atoms with Crippen LogP contribution in [0, 0.1) is 13.8 Å². The lowest BCUT2D eigenvalue weighted by Crippen LogP contribution is -1.97. The van der Waals surface area contributed by atoms with Crippen molar-refractivity contribution in [2.45, 2.75) is 20.3 Å². The average Bonchev–Trinajstić information content (AvgIpc) is 2.33. The molecule has 0 saturated carbocycles. The summed E-state index contributed by atoms with van der Waals surface area (Å²) in [6, 6.07) is 8.30. The van der Waals surface area contributed by atoms with Gasteiger partial charge < -0.3 is 0 Å². The zero-order valence-corrected chi connectivity index (χ0v) is 10.8. The second-order valence-corrected chi connectivity index (χ2v) is 4.47. The normalized spacial score (nSPS) is 10.5. The van der Waals surface area contributed by atoms with Gasteiger partial charge in [0, 0.05) is 24.1 Å². The lowest BCUT2D eigenvalue weighted by Gasteiger charge is -2.06. The SMILES string of the molecule is Cc1ccc(-c2ccnc(CCCl)n2)cc1C. The van der Waals surface area contributed by atoms with Crippen molar-refractivity contribution in [3.05, 3.63) is 47.4 Å². The van der Waals surface area contributed by atoms with E-state index in [4.69, 9.17) is 11.6 Å². The van der Waals surface area contributed by atoms with E-state index in [9.17, 15) is 0 Å². The van der Waals surface area contributed by atoms with Crippen molar-refractivity contribution in [3.8, 4) is 11.3 Å². The third-order valence-electron chi connectivity index (χ3n) is 2.83. The topological polar surface area (TPSA) is 25.8 Å². The van der Waals surface area contributed by atoms with Gasteiger partial charge in [-0.25, -0.2) is 9.97 Å². The van der Waals surface area contributed by atoms with Gasteiger partial charge >= 0.3 is 0 Å². The highest BCUT2D eigenvalue weighted by Gasteiger charge is 2.03. The van der Waals surface area contributed by atoms with E-state index in [1.807, 2.05) is 6.07 Å². The van der Waals surface area contributed by atoms with Crippen molar-refractivity contribution in [1.29, 1.82) is 0 Å². The van der Waals surface area contributed by atoms with E-state index in [0.29, 0.717) is 12.3 Å². The molecule has 0 radical (unpaired) electrons. The summed E-state index contributed by atoms with van der Waals surface area (Å²) < 4.78 is 0. The zero-order chi connectivity index (χ0) is 12.3. The molecule has 0 atom stereocenters. The highest BCUT2D eigenvalue weighted by molar-refractivity contribution is 6.17. The maximum absolute atomic E-state index is 5.70. The molecule has 0 fully saturated rings. The van der Waals surface area contributed by atoms with Gasteiger partial charge in [0.1, 0.15) is 5.82 Å². The summed E-state index contributed by atoms with van der Waals surface area (Å²) in [6.07, 6.45) is 2.50. The molecule has 2 rings (SSSR count). The Bertz CT molecular complexity index is 523. The second kappa shape index (κ2) is 5.28. The molecular formula is C14H15ClN2. The molecule has 0 aliphatic rings. The number of nitrogens with zero attached hydrogens (tertiary/aromatic N) is 2. The number of hydrogen-bond donors (Lipinski definition) is 0. The van der Waals surface area contributed by atoms with Gasteiger partial charge in [-0.2, -0.15) is 0 Å². The van der Waals surface area contributed by atoms with E-state index < -0.39 is 0 Å². The van der Waals surface area contributed by atoms with Crippen LogP contribution in [0.4, 0.5) is 0 Å². The van der Waals surface area contributed by atoms with Crippen LogP contribution < -0.4 is 0 Å². The standard InChI is InChI=1S/C14H15ClN2/c1-10-3-4-12(9-11(10)2)13-6-8-16-14(17-13)5-7-15/h3-4,6,8-9H,5,7H2,1-2H3. The third-order valence-corrected chi connectivity index (χ3v) is 3.02. The molecule has 0 aliphatic heterocycles. The molecule has 1 aromatic carbocycles. The van der Waals surface area contributed by atoms with Gasteiger partial charge in [-0.15, -0.1) is 11.6 Å². The number of aromatic nitrogens is 2. The molecule has 0 unspecified atom stereocenters. The first kappa shape index (κ1) is 12.1. The number of rotatable bonds is 3. The van der Waals surface area contributed by atoms with E-state index in [0.717, 1.165) is 17.1 Å². The zero-order valence-electron chi connectivity index (χ0n) is 10.1. The first-order valence-electron chi connectivity index (χ1n) is 5.66. The number of hydrogen-bond acceptors (Lipinski definition) is 2. The molecule has 0 bridgehead atoms. The fourth-order valence-electron chi connectivity index (χ4n) is 1.67. The molecule has 1 aromatic heterocycles. The van der Waals surface area contributed by atoms with Gasteiger partial charge in [0.15, 0.2) is 0 Å². The van der Waals surface area contributed by atoms with Crippen molar-refractivity contribution in [3.63, 3.8) is 0 Å². The first-order chi connectivity index (χ1) is 8.20. The van der Waals surface area contributed by atoms with Crippen molar-refractivity contribution < 1.29 is 0 Å². The number of halogens is 1. The molecule has 2 aromatic rings. The molecule has 0 spiro atoms. The largest absolute Gasteiger partial charge is 0.241 e. The maximum atomic E-state index is 5.70. The average molecular weight is 247 g/mol. The number of aryl methyl sites for hydroxylation is 3. The Morgan fingerprint density at radius 2 is 1.94 bits per heavy atom. The van der Waals surface area contributed by atoms with Crippen LogP contribution in [0.15, 0.2) is 30.5 Å². The molecular weight excluding hydrogens is 232 g/mol. The summed E-state index contributed by atoms with van der Waals surface area (Å²) in [6.45, 7) is 4.22. The Morgan fingerprint density at radius 1 is 1.12 bits per heavy atom. The fourth-order valence-corrected chi connectivity index (χ4v) is 1.83. The summed E-state index contributed by atoms with van der Waals surface area (Å²) in [7, 11) is 0. The van der Waals surface area contributed by atoms with Crippen LogP contribution in [0.25, 0.3) is 11.3 Å². The predicted molar refractivity (Wildman–Crippen MR) is 71.4 cm³/mol. The Labute approximate surface area is 107 Å². The summed E-state index contributed by atoms with van der Waals surface area (Å²) in [4.78, 5) is 8.71. The Kier molecular flexibility index (Phi) is 3.75. The van der Waals surface area contributed by atoms with Crippen LogP contribution in [0.1, 0.15) is 17.0 Å². The molecule has 17 heavy (non-hydrogen) atoms. The van der Waals surface area contributed by atoms with E-state index in [2.05, 4.69) is 42.0 Å². The fraction of sp³-hybridized carbons (Fsp3) is 0.286. The molecule has 2 nitrogen and oxygen atoms in total. The highest BCUT2D eigenvalue weighted by Crippen LogP contribution is 2.20. The predicted octanol–water partition coefficient (Wildman–Crippen LogP) is 3.54. The quantitative estimate of drug-likeness (QED) is 0.775. The minimum absolute atomic E-state index is 0.552. The van der Waals surface area contributed by atoms with Crippen LogP contribution in [-0.4, -0.2) is 15.8 Å². The van der Waals surface area contributed by atoms with Gasteiger partial charge in [0.05, 0.1) is 5.69 Å². The molecule has 0 amide bonds. The van der Waals surface area contributed by atoms with Crippen molar-refractivity contribution in [2.24, 2.45) is 0 Å². The minimum Gasteiger partial charge on any atom is -0.241 e. The van der Waals surface area contributed by atoms with Crippen molar-refractivity contribution in [1.82, 2.24) is 9.97 Å². The Morgan fingerprint density at radius 3 is 2.65 bits per heavy atom. The Hall–Kier alpha value is -1.41. The van der Waals surface area contributed by atoms with Gasteiger partial charge in [0.25, 0.3) is 0 Å². The monoisotopic (exact) mass is 246 g/mol. The molecule has 0 saturated heterocycles. The molecule has 1 heterocycles. The highest BCUT2D eigenvalue weighted by atomic mass is 35.5. The minimum atomic E-state index is 0.552.